The average molecular weight is 285 g/mol. The number of aliphatic imine (C=N–C) groups is 1. The van der Waals surface area contributed by atoms with Gasteiger partial charge in [-0.25, -0.2) is 0 Å². The van der Waals surface area contributed by atoms with E-state index in [-0.39, 0.29) is 5.54 Å². The molecule has 2 aliphatic rings. The van der Waals surface area contributed by atoms with Gasteiger partial charge in [-0.3, -0.25) is 4.99 Å². The van der Waals surface area contributed by atoms with Gasteiger partial charge in [0, 0.05) is 12.5 Å². The molecular weight excluding hydrogens is 258 g/mol. The van der Waals surface area contributed by atoms with Gasteiger partial charge in [-0.15, -0.1) is 0 Å². The fourth-order valence-corrected chi connectivity index (χ4v) is 4.15. The molecule has 2 atom stereocenters. The molecule has 1 spiro atoms. The van der Waals surface area contributed by atoms with E-state index in [1.54, 1.807) is 0 Å². The number of guanidine groups is 1. The Labute approximate surface area is 128 Å². The zero-order chi connectivity index (χ0) is 14.9. The van der Waals surface area contributed by atoms with E-state index in [1.807, 2.05) is 0 Å². The lowest BCUT2D eigenvalue weighted by molar-refractivity contribution is 0.104. The van der Waals surface area contributed by atoms with Crippen LogP contribution in [0, 0.1) is 5.92 Å². The van der Waals surface area contributed by atoms with Crippen molar-refractivity contribution in [1.29, 1.82) is 0 Å². The van der Waals surface area contributed by atoms with Crippen LogP contribution in [0.1, 0.15) is 51.0 Å². The first-order valence-corrected chi connectivity index (χ1v) is 8.26. The topological polar surface area (TPSA) is 41.6 Å². The van der Waals surface area contributed by atoms with Crippen LogP contribution in [-0.2, 0) is 0 Å². The first-order valence-electron chi connectivity index (χ1n) is 8.26. The van der Waals surface area contributed by atoms with E-state index in [2.05, 4.69) is 54.1 Å². The molecule has 0 saturated heterocycles. The van der Waals surface area contributed by atoms with E-state index in [9.17, 15) is 0 Å². The largest absolute Gasteiger partial charge is 0.370 e. The van der Waals surface area contributed by atoms with Crippen molar-refractivity contribution in [2.24, 2.45) is 16.6 Å². The standard InChI is InChI=1S/C18H27N3/c1-14(2)12-21-17(19)20-13-18(21)11-7-6-10-16(18)15-8-4-3-5-9-15/h3-5,8-9,14,16H,6-7,10-13H2,1-2H3,(H2,19,20). The zero-order valence-electron chi connectivity index (χ0n) is 13.3. The van der Waals surface area contributed by atoms with Crippen LogP contribution in [0.4, 0.5) is 0 Å². The number of nitrogens with two attached hydrogens (primary N) is 1. The molecule has 1 aliphatic carbocycles. The summed E-state index contributed by atoms with van der Waals surface area (Å²) in [5.41, 5.74) is 7.82. The Morgan fingerprint density at radius 3 is 2.76 bits per heavy atom. The second-order valence-electron chi connectivity index (χ2n) is 6.99. The van der Waals surface area contributed by atoms with Gasteiger partial charge in [0.15, 0.2) is 5.96 Å². The third-order valence-electron chi connectivity index (χ3n) is 5.08. The first-order chi connectivity index (χ1) is 10.1. The highest BCUT2D eigenvalue weighted by atomic mass is 15.4. The molecule has 0 radical (unpaired) electrons. The normalized spacial score (nSPS) is 29.2. The van der Waals surface area contributed by atoms with Gasteiger partial charge in [0.05, 0.1) is 12.1 Å². The van der Waals surface area contributed by atoms with Crippen molar-refractivity contribution in [1.82, 2.24) is 4.90 Å². The SMILES string of the molecule is CC(C)CN1C(N)=NCC12CCCCC2c1ccccc1. The minimum absolute atomic E-state index is 0.119. The molecule has 21 heavy (non-hydrogen) atoms. The van der Waals surface area contributed by atoms with Crippen molar-refractivity contribution in [3.05, 3.63) is 35.9 Å². The number of nitrogens with zero attached hydrogens (tertiary/aromatic N) is 2. The van der Waals surface area contributed by atoms with Crippen LogP contribution in [0.2, 0.25) is 0 Å². The Bertz CT molecular complexity index is 508. The van der Waals surface area contributed by atoms with E-state index in [1.165, 1.54) is 31.2 Å². The third-order valence-corrected chi connectivity index (χ3v) is 5.08. The Balaban J connectivity index is 1.96. The highest BCUT2D eigenvalue weighted by molar-refractivity contribution is 5.81. The van der Waals surface area contributed by atoms with Crippen molar-refractivity contribution in [3.63, 3.8) is 0 Å². The molecule has 2 N–H and O–H groups in total. The summed E-state index contributed by atoms with van der Waals surface area (Å²) in [6.07, 6.45) is 5.07. The third kappa shape index (κ3) is 2.54. The lowest BCUT2D eigenvalue weighted by atomic mass is 9.69. The zero-order valence-corrected chi connectivity index (χ0v) is 13.3. The Hall–Kier alpha value is -1.51. The van der Waals surface area contributed by atoms with Gasteiger partial charge in [0.25, 0.3) is 0 Å². The van der Waals surface area contributed by atoms with E-state index in [4.69, 9.17) is 5.73 Å². The van der Waals surface area contributed by atoms with Crippen molar-refractivity contribution < 1.29 is 0 Å². The highest BCUT2D eigenvalue weighted by Gasteiger charge is 2.49. The van der Waals surface area contributed by atoms with E-state index < -0.39 is 0 Å². The van der Waals surface area contributed by atoms with Gasteiger partial charge >= 0.3 is 0 Å². The van der Waals surface area contributed by atoms with E-state index in [0.717, 1.165) is 19.0 Å². The van der Waals surface area contributed by atoms with Gasteiger partial charge in [-0.2, -0.15) is 0 Å². The molecule has 3 rings (SSSR count). The Kier molecular flexibility index (Phi) is 3.92. The maximum atomic E-state index is 6.25. The maximum absolute atomic E-state index is 6.25. The number of hydrogen-bond donors (Lipinski definition) is 1. The van der Waals surface area contributed by atoms with Crippen molar-refractivity contribution in [2.45, 2.75) is 51.0 Å². The van der Waals surface area contributed by atoms with Crippen LogP contribution in [-0.4, -0.2) is 29.5 Å². The minimum Gasteiger partial charge on any atom is -0.370 e. The lowest BCUT2D eigenvalue weighted by Crippen LogP contribution is -2.57. The van der Waals surface area contributed by atoms with Crippen LogP contribution in [0.15, 0.2) is 35.3 Å². The number of benzene rings is 1. The van der Waals surface area contributed by atoms with Crippen LogP contribution in [0.25, 0.3) is 0 Å². The molecule has 3 heteroatoms. The van der Waals surface area contributed by atoms with Gasteiger partial charge in [0.2, 0.25) is 0 Å². The molecule has 114 valence electrons. The van der Waals surface area contributed by atoms with Crippen molar-refractivity contribution in [2.75, 3.05) is 13.1 Å². The van der Waals surface area contributed by atoms with Gasteiger partial charge < -0.3 is 10.6 Å². The number of hydrogen-bond acceptors (Lipinski definition) is 3. The molecular formula is C18H27N3. The van der Waals surface area contributed by atoms with Gasteiger partial charge in [-0.05, 0) is 24.3 Å². The van der Waals surface area contributed by atoms with E-state index in [0.29, 0.717) is 11.8 Å². The predicted octanol–water partition coefficient (Wildman–Crippen LogP) is 3.37. The molecule has 1 heterocycles. The molecule has 1 saturated carbocycles. The number of rotatable bonds is 3. The lowest BCUT2D eigenvalue weighted by Gasteiger charge is -2.48. The minimum atomic E-state index is 0.119. The first kappa shape index (κ1) is 14.4. The highest BCUT2D eigenvalue weighted by Crippen LogP contribution is 2.47. The Morgan fingerprint density at radius 2 is 2.05 bits per heavy atom. The summed E-state index contributed by atoms with van der Waals surface area (Å²) in [6.45, 7) is 6.41. The van der Waals surface area contributed by atoms with E-state index >= 15 is 0 Å². The van der Waals surface area contributed by atoms with Crippen LogP contribution in [0.3, 0.4) is 0 Å². The van der Waals surface area contributed by atoms with Crippen molar-refractivity contribution >= 4 is 5.96 Å². The summed E-state index contributed by atoms with van der Waals surface area (Å²) in [6, 6.07) is 11.0. The van der Waals surface area contributed by atoms with Crippen LogP contribution >= 0.6 is 0 Å². The van der Waals surface area contributed by atoms with Crippen LogP contribution in [0.5, 0.6) is 0 Å². The van der Waals surface area contributed by atoms with Gasteiger partial charge in [0.1, 0.15) is 0 Å². The monoisotopic (exact) mass is 285 g/mol. The molecule has 1 aromatic rings. The Morgan fingerprint density at radius 1 is 1.29 bits per heavy atom. The summed E-state index contributed by atoms with van der Waals surface area (Å²) in [5, 5.41) is 0. The summed E-state index contributed by atoms with van der Waals surface area (Å²) >= 11 is 0. The average Bonchev–Trinajstić information content (AvgIpc) is 2.78. The molecule has 0 aromatic heterocycles. The summed E-state index contributed by atoms with van der Waals surface area (Å²) in [4.78, 5) is 7.07. The molecule has 0 amide bonds. The summed E-state index contributed by atoms with van der Waals surface area (Å²) in [5.74, 6) is 1.91. The summed E-state index contributed by atoms with van der Waals surface area (Å²) in [7, 11) is 0. The predicted molar refractivity (Wildman–Crippen MR) is 88.4 cm³/mol. The molecule has 1 aromatic carbocycles. The van der Waals surface area contributed by atoms with Crippen molar-refractivity contribution in [3.8, 4) is 0 Å². The molecule has 0 bridgehead atoms. The quantitative estimate of drug-likeness (QED) is 0.925. The summed E-state index contributed by atoms with van der Waals surface area (Å²) < 4.78 is 0. The van der Waals surface area contributed by atoms with Gasteiger partial charge in [-0.1, -0.05) is 57.0 Å². The maximum Gasteiger partial charge on any atom is 0.191 e. The molecule has 2 unspecified atom stereocenters. The molecule has 3 nitrogen and oxygen atoms in total. The fraction of sp³-hybridized carbons (Fsp3) is 0.611. The van der Waals surface area contributed by atoms with Crippen LogP contribution < -0.4 is 5.73 Å². The smallest absolute Gasteiger partial charge is 0.191 e. The second-order valence-corrected chi connectivity index (χ2v) is 6.99. The molecule has 1 fully saturated rings. The second kappa shape index (κ2) is 5.70. The molecule has 1 aliphatic heterocycles. The fourth-order valence-electron chi connectivity index (χ4n) is 4.15.